The summed E-state index contributed by atoms with van der Waals surface area (Å²) in [6, 6.07) is 12.3. The van der Waals surface area contributed by atoms with Gasteiger partial charge < -0.3 is 5.32 Å². The first-order valence-electron chi connectivity index (χ1n) is 9.20. The third kappa shape index (κ3) is 4.15. The lowest BCUT2D eigenvalue weighted by atomic mass is 10.1. The molecule has 2 heterocycles. The largest absolute Gasteiger partial charge is 0.381 e. The molecule has 0 spiro atoms. The second-order valence-electron chi connectivity index (χ2n) is 7.33. The van der Waals surface area contributed by atoms with E-state index in [-0.39, 0.29) is 10.9 Å². The van der Waals surface area contributed by atoms with Crippen molar-refractivity contribution in [3.63, 3.8) is 0 Å². The Morgan fingerprint density at radius 1 is 1.18 bits per heavy atom. The third-order valence-electron chi connectivity index (χ3n) is 5.10. The molecular weight excluding hydrogens is 377 g/mol. The zero-order valence-electron chi connectivity index (χ0n) is 15.6. The molecule has 1 aliphatic heterocycles. The van der Waals surface area contributed by atoms with Crippen LogP contribution in [0.4, 0.5) is 10.1 Å². The third-order valence-corrected chi connectivity index (χ3v) is 6.30. The Hall–Kier alpha value is -2.51. The number of fused-ring (bicyclic) bond motifs is 1. The average molecular weight is 399 g/mol. The summed E-state index contributed by atoms with van der Waals surface area (Å²) in [5.74, 6) is -0.415. The van der Waals surface area contributed by atoms with Gasteiger partial charge in [-0.15, -0.1) is 0 Å². The first-order valence-corrected chi connectivity index (χ1v) is 11.1. The molecule has 0 unspecified atom stereocenters. The molecule has 7 heteroatoms. The molecule has 1 fully saturated rings. The predicted octanol–water partition coefficient (Wildman–Crippen LogP) is 3.46. The van der Waals surface area contributed by atoms with E-state index < -0.39 is 15.7 Å². The van der Waals surface area contributed by atoms with Crippen molar-refractivity contribution in [3.05, 3.63) is 66.2 Å². The Balaban J connectivity index is 1.45. The first kappa shape index (κ1) is 18.8. The Morgan fingerprint density at radius 3 is 2.86 bits per heavy atom. The molecular formula is C21H22FN3O2S. The molecule has 2 aromatic carbocycles. The number of nitrogens with one attached hydrogen (secondary N) is 1. The topological polar surface area (TPSA) is 62.3 Å². The summed E-state index contributed by atoms with van der Waals surface area (Å²) in [4.78, 5) is 6.49. The van der Waals surface area contributed by atoms with Gasteiger partial charge in [-0.25, -0.2) is 12.8 Å². The maximum atomic E-state index is 13.7. The minimum Gasteiger partial charge on any atom is -0.381 e. The highest BCUT2D eigenvalue weighted by Gasteiger charge is 2.24. The van der Waals surface area contributed by atoms with Crippen molar-refractivity contribution in [1.82, 2.24) is 9.88 Å². The summed E-state index contributed by atoms with van der Waals surface area (Å²) < 4.78 is 37.7. The van der Waals surface area contributed by atoms with Gasteiger partial charge in [0.15, 0.2) is 9.84 Å². The van der Waals surface area contributed by atoms with Gasteiger partial charge in [-0.2, -0.15) is 0 Å². The van der Waals surface area contributed by atoms with Gasteiger partial charge >= 0.3 is 0 Å². The Labute approximate surface area is 164 Å². The van der Waals surface area contributed by atoms with E-state index in [1.807, 2.05) is 24.4 Å². The Kier molecular flexibility index (Phi) is 5.03. The number of likely N-dealkylation sites (tertiary alicyclic amines) is 1. The molecule has 1 aromatic heterocycles. The van der Waals surface area contributed by atoms with Gasteiger partial charge in [0, 0.05) is 55.4 Å². The van der Waals surface area contributed by atoms with Gasteiger partial charge in [-0.3, -0.25) is 9.88 Å². The second-order valence-corrected chi connectivity index (χ2v) is 9.31. The highest BCUT2D eigenvalue weighted by Crippen LogP contribution is 2.24. The number of halogens is 1. The maximum Gasteiger partial charge on any atom is 0.175 e. The number of nitrogens with zero attached hydrogens (tertiary/aromatic N) is 2. The van der Waals surface area contributed by atoms with Crippen LogP contribution in [-0.4, -0.2) is 43.7 Å². The predicted molar refractivity (Wildman–Crippen MR) is 109 cm³/mol. The number of anilines is 1. The highest BCUT2D eigenvalue weighted by atomic mass is 32.2. The van der Waals surface area contributed by atoms with Crippen LogP contribution in [0.5, 0.6) is 0 Å². The van der Waals surface area contributed by atoms with Crippen LogP contribution in [0.2, 0.25) is 0 Å². The van der Waals surface area contributed by atoms with E-state index in [9.17, 15) is 12.8 Å². The van der Waals surface area contributed by atoms with Gasteiger partial charge in [-0.1, -0.05) is 6.07 Å². The average Bonchev–Trinajstić information content (AvgIpc) is 3.07. The van der Waals surface area contributed by atoms with Crippen LogP contribution in [-0.2, 0) is 16.4 Å². The molecule has 4 rings (SSSR count). The summed E-state index contributed by atoms with van der Waals surface area (Å²) in [7, 11) is -3.39. The standard InChI is InChI=1S/C21H22FN3O2S/c1-28(26,27)21-5-3-18(22)10-17(21)13-25-9-7-20(14-25)24-19-4-2-16-12-23-8-6-15(16)11-19/h2-6,8,10-12,20,24H,7,9,13-14H2,1H3/t20-/m1/s1. The van der Waals surface area contributed by atoms with Crippen LogP contribution in [0.3, 0.4) is 0 Å². The molecule has 1 aliphatic rings. The van der Waals surface area contributed by atoms with Crippen LogP contribution in [0.15, 0.2) is 59.8 Å². The van der Waals surface area contributed by atoms with Crippen LogP contribution >= 0.6 is 0 Å². The molecule has 1 N–H and O–H groups in total. The van der Waals surface area contributed by atoms with Crippen molar-refractivity contribution in [3.8, 4) is 0 Å². The summed E-state index contributed by atoms with van der Waals surface area (Å²) in [6.07, 6.45) is 5.72. The maximum absolute atomic E-state index is 13.7. The van der Waals surface area contributed by atoms with E-state index >= 15 is 0 Å². The van der Waals surface area contributed by atoms with E-state index in [0.29, 0.717) is 12.1 Å². The first-order chi connectivity index (χ1) is 13.4. The smallest absolute Gasteiger partial charge is 0.175 e. The summed E-state index contributed by atoms with van der Waals surface area (Å²) in [6.45, 7) is 2.02. The molecule has 0 bridgehead atoms. The van der Waals surface area contributed by atoms with E-state index in [4.69, 9.17) is 0 Å². The fourth-order valence-electron chi connectivity index (χ4n) is 3.78. The van der Waals surface area contributed by atoms with Crippen LogP contribution < -0.4 is 5.32 Å². The van der Waals surface area contributed by atoms with E-state index in [0.717, 1.165) is 42.2 Å². The fraction of sp³-hybridized carbons (Fsp3) is 0.286. The van der Waals surface area contributed by atoms with Crippen molar-refractivity contribution < 1.29 is 12.8 Å². The van der Waals surface area contributed by atoms with Crippen molar-refractivity contribution in [2.45, 2.75) is 23.9 Å². The van der Waals surface area contributed by atoms with Crippen LogP contribution in [0.25, 0.3) is 10.8 Å². The van der Waals surface area contributed by atoms with Gasteiger partial charge in [0.1, 0.15) is 5.82 Å². The fourth-order valence-corrected chi connectivity index (χ4v) is 4.69. The number of aromatic nitrogens is 1. The molecule has 28 heavy (non-hydrogen) atoms. The van der Waals surface area contributed by atoms with Gasteiger partial charge in [0.05, 0.1) is 4.90 Å². The van der Waals surface area contributed by atoms with Crippen LogP contribution in [0.1, 0.15) is 12.0 Å². The molecule has 1 saturated heterocycles. The lowest BCUT2D eigenvalue weighted by molar-refractivity contribution is 0.325. The van der Waals surface area contributed by atoms with Crippen molar-refractivity contribution in [1.29, 1.82) is 0 Å². The quantitative estimate of drug-likeness (QED) is 0.666. The number of hydrogen-bond acceptors (Lipinski definition) is 5. The van der Waals surface area contributed by atoms with E-state index in [2.05, 4.69) is 21.3 Å². The number of hydrogen-bond donors (Lipinski definition) is 1. The minimum atomic E-state index is -3.39. The molecule has 0 radical (unpaired) electrons. The molecule has 0 saturated carbocycles. The zero-order chi connectivity index (χ0) is 19.7. The number of rotatable bonds is 5. The second kappa shape index (κ2) is 7.48. The zero-order valence-corrected chi connectivity index (χ0v) is 16.4. The number of sulfone groups is 1. The van der Waals surface area contributed by atoms with Gasteiger partial charge in [0.25, 0.3) is 0 Å². The summed E-state index contributed by atoms with van der Waals surface area (Å²) in [5.41, 5.74) is 1.56. The highest BCUT2D eigenvalue weighted by molar-refractivity contribution is 7.90. The lowest BCUT2D eigenvalue weighted by Gasteiger charge is -2.19. The van der Waals surface area contributed by atoms with E-state index in [1.165, 1.54) is 18.2 Å². The normalized spacial score (nSPS) is 17.9. The minimum absolute atomic E-state index is 0.202. The van der Waals surface area contributed by atoms with Crippen molar-refractivity contribution in [2.24, 2.45) is 0 Å². The molecule has 3 aromatic rings. The molecule has 0 amide bonds. The van der Waals surface area contributed by atoms with E-state index in [1.54, 1.807) is 6.20 Å². The molecule has 1 atom stereocenters. The SMILES string of the molecule is CS(=O)(=O)c1ccc(F)cc1CN1CC[C@@H](Nc2ccc3cnccc3c2)C1. The molecule has 0 aliphatic carbocycles. The molecule has 146 valence electrons. The lowest BCUT2D eigenvalue weighted by Crippen LogP contribution is -2.26. The van der Waals surface area contributed by atoms with Crippen molar-refractivity contribution >= 4 is 26.3 Å². The monoisotopic (exact) mass is 399 g/mol. The van der Waals surface area contributed by atoms with Crippen LogP contribution in [0, 0.1) is 5.82 Å². The summed E-state index contributed by atoms with van der Waals surface area (Å²) in [5, 5.41) is 5.78. The summed E-state index contributed by atoms with van der Waals surface area (Å²) >= 11 is 0. The molecule has 5 nitrogen and oxygen atoms in total. The van der Waals surface area contributed by atoms with Crippen molar-refractivity contribution in [2.75, 3.05) is 24.7 Å². The number of pyridine rings is 1. The Morgan fingerprint density at radius 2 is 2.04 bits per heavy atom. The van der Waals surface area contributed by atoms with Gasteiger partial charge in [0.2, 0.25) is 0 Å². The Bertz CT molecular complexity index is 1120. The number of benzene rings is 2. The van der Waals surface area contributed by atoms with Gasteiger partial charge in [-0.05, 0) is 53.8 Å².